The highest BCUT2D eigenvalue weighted by Crippen LogP contribution is 2.30. The Labute approximate surface area is 146 Å². The zero-order chi connectivity index (χ0) is 17.5. The molecule has 0 atom stereocenters. The minimum absolute atomic E-state index is 0.109. The van der Waals surface area contributed by atoms with E-state index in [1.165, 1.54) is 0 Å². The quantitative estimate of drug-likeness (QED) is 0.629. The second kappa shape index (κ2) is 8.11. The Hall–Kier alpha value is -3.14. The Balaban J connectivity index is 1.95. The number of carbonyl (C=O) groups is 1. The van der Waals surface area contributed by atoms with Crippen LogP contribution in [0.2, 0.25) is 0 Å². The Morgan fingerprint density at radius 1 is 1.04 bits per heavy atom. The molecule has 1 aromatic heterocycles. The van der Waals surface area contributed by atoms with Crippen LogP contribution < -0.4 is 4.74 Å². The molecule has 4 heteroatoms. The SMILES string of the molecule is CCOC(=O)COc1ccc2ccccc2c1/C=C/c1ccncc1. The average Bonchev–Trinajstić information content (AvgIpc) is 2.66. The van der Waals surface area contributed by atoms with Crippen LogP contribution in [0, 0.1) is 0 Å². The smallest absolute Gasteiger partial charge is 0.344 e. The normalized spacial score (nSPS) is 10.9. The molecule has 2 aromatic carbocycles. The van der Waals surface area contributed by atoms with Gasteiger partial charge in [0.15, 0.2) is 6.61 Å². The van der Waals surface area contributed by atoms with Crippen LogP contribution in [0.3, 0.4) is 0 Å². The van der Waals surface area contributed by atoms with Crippen molar-refractivity contribution in [3.05, 3.63) is 72.1 Å². The molecule has 0 N–H and O–H groups in total. The van der Waals surface area contributed by atoms with Crippen LogP contribution in [0.15, 0.2) is 60.9 Å². The van der Waals surface area contributed by atoms with Gasteiger partial charge in [0.05, 0.1) is 6.61 Å². The van der Waals surface area contributed by atoms with E-state index >= 15 is 0 Å². The first-order valence-corrected chi connectivity index (χ1v) is 8.16. The molecule has 0 aliphatic rings. The maximum absolute atomic E-state index is 11.6. The molecule has 0 aliphatic heterocycles. The van der Waals surface area contributed by atoms with Gasteiger partial charge in [-0.25, -0.2) is 4.79 Å². The van der Waals surface area contributed by atoms with Gasteiger partial charge in [-0.1, -0.05) is 42.5 Å². The first kappa shape index (κ1) is 16.7. The first-order valence-electron chi connectivity index (χ1n) is 8.16. The lowest BCUT2D eigenvalue weighted by atomic mass is 10.0. The van der Waals surface area contributed by atoms with Crippen molar-refractivity contribution < 1.29 is 14.3 Å². The molecule has 0 aliphatic carbocycles. The predicted molar refractivity (Wildman–Crippen MR) is 99.2 cm³/mol. The molecule has 0 amide bonds. The Kier molecular flexibility index (Phi) is 5.42. The Bertz CT molecular complexity index is 888. The monoisotopic (exact) mass is 333 g/mol. The molecule has 0 bridgehead atoms. The second-order valence-electron chi connectivity index (χ2n) is 5.41. The van der Waals surface area contributed by atoms with Gasteiger partial charge in [-0.05, 0) is 41.5 Å². The summed E-state index contributed by atoms with van der Waals surface area (Å²) in [6, 6.07) is 15.8. The largest absolute Gasteiger partial charge is 0.481 e. The highest BCUT2D eigenvalue weighted by molar-refractivity contribution is 5.95. The average molecular weight is 333 g/mol. The number of benzene rings is 2. The number of fused-ring (bicyclic) bond motifs is 1. The van der Waals surface area contributed by atoms with E-state index in [1.807, 2.05) is 60.7 Å². The molecule has 126 valence electrons. The summed E-state index contributed by atoms with van der Waals surface area (Å²) in [7, 11) is 0. The third kappa shape index (κ3) is 4.23. The fourth-order valence-electron chi connectivity index (χ4n) is 2.57. The number of pyridine rings is 1. The van der Waals surface area contributed by atoms with E-state index in [9.17, 15) is 4.79 Å². The van der Waals surface area contributed by atoms with Crippen molar-refractivity contribution in [3.8, 4) is 5.75 Å². The lowest BCUT2D eigenvalue weighted by Gasteiger charge is -2.11. The number of carbonyl (C=O) groups excluding carboxylic acids is 1. The van der Waals surface area contributed by atoms with Gasteiger partial charge in [-0.3, -0.25) is 4.98 Å². The molecule has 25 heavy (non-hydrogen) atoms. The van der Waals surface area contributed by atoms with Gasteiger partial charge in [-0.15, -0.1) is 0 Å². The van der Waals surface area contributed by atoms with Crippen LogP contribution in [0.4, 0.5) is 0 Å². The third-order valence-corrected chi connectivity index (χ3v) is 3.73. The minimum Gasteiger partial charge on any atom is -0.481 e. The van der Waals surface area contributed by atoms with Crippen LogP contribution >= 0.6 is 0 Å². The number of aromatic nitrogens is 1. The first-order chi connectivity index (χ1) is 12.3. The summed E-state index contributed by atoms with van der Waals surface area (Å²) in [5, 5.41) is 2.18. The zero-order valence-corrected chi connectivity index (χ0v) is 14.0. The number of esters is 1. The van der Waals surface area contributed by atoms with Crippen LogP contribution in [0.1, 0.15) is 18.1 Å². The van der Waals surface area contributed by atoms with E-state index in [-0.39, 0.29) is 12.6 Å². The maximum Gasteiger partial charge on any atom is 0.344 e. The number of hydrogen-bond donors (Lipinski definition) is 0. The standard InChI is InChI=1S/C21H19NO3/c1-2-24-21(23)15-25-20-10-8-17-5-3-4-6-18(17)19(20)9-7-16-11-13-22-14-12-16/h3-14H,2,15H2,1H3/b9-7+. The molecule has 0 unspecified atom stereocenters. The molecule has 4 nitrogen and oxygen atoms in total. The molecule has 0 saturated heterocycles. The number of hydrogen-bond acceptors (Lipinski definition) is 4. The van der Waals surface area contributed by atoms with Gasteiger partial charge in [0.2, 0.25) is 0 Å². The van der Waals surface area contributed by atoms with Gasteiger partial charge in [0.1, 0.15) is 5.75 Å². The molecule has 0 saturated carbocycles. The fraction of sp³-hybridized carbons (Fsp3) is 0.143. The number of ether oxygens (including phenoxy) is 2. The van der Waals surface area contributed by atoms with Crippen LogP contribution in [-0.2, 0) is 9.53 Å². The lowest BCUT2D eigenvalue weighted by molar-refractivity contribution is -0.145. The highest BCUT2D eigenvalue weighted by atomic mass is 16.6. The zero-order valence-electron chi connectivity index (χ0n) is 14.0. The molecular weight excluding hydrogens is 314 g/mol. The predicted octanol–water partition coefficient (Wildman–Crippen LogP) is 4.35. The van der Waals surface area contributed by atoms with Crippen molar-refractivity contribution in [2.45, 2.75) is 6.92 Å². The number of rotatable bonds is 6. The van der Waals surface area contributed by atoms with Crippen molar-refractivity contribution in [2.24, 2.45) is 0 Å². The van der Waals surface area contributed by atoms with Crippen LogP contribution in [-0.4, -0.2) is 24.2 Å². The summed E-state index contributed by atoms with van der Waals surface area (Å²) in [4.78, 5) is 15.6. The van der Waals surface area contributed by atoms with Gasteiger partial charge < -0.3 is 9.47 Å². The van der Waals surface area contributed by atoms with Crippen molar-refractivity contribution in [1.29, 1.82) is 0 Å². The summed E-state index contributed by atoms with van der Waals surface area (Å²) in [6.45, 7) is 2.01. The van der Waals surface area contributed by atoms with Crippen molar-refractivity contribution in [1.82, 2.24) is 4.98 Å². The van der Waals surface area contributed by atoms with Crippen LogP contribution in [0.25, 0.3) is 22.9 Å². The summed E-state index contributed by atoms with van der Waals surface area (Å²) in [5.41, 5.74) is 1.97. The Morgan fingerprint density at radius 2 is 1.84 bits per heavy atom. The van der Waals surface area contributed by atoms with E-state index < -0.39 is 0 Å². The minimum atomic E-state index is -0.375. The third-order valence-electron chi connectivity index (χ3n) is 3.73. The summed E-state index contributed by atoms with van der Waals surface area (Å²) in [5.74, 6) is 0.275. The van der Waals surface area contributed by atoms with E-state index in [4.69, 9.17) is 9.47 Å². The summed E-state index contributed by atoms with van der Waals surface area (Å²) in [6.07, 6.45) is 7.50. The summed E-state index contributed by atoms with van der Waals surface area (Å²) >= 11 is 0. The molecule has 0 radical (unpaired) electrons. The van der Waals surface area contributed by atoms with E-state index in [0.717, 1.165) is 21.9 Å². The molecule has 1 heterocycles. The Morgan fingerprint density at radius 3 is 2.64 bits per heavy atom. The molecule has 3 rings (SSSR count). The van der Waals surface area contributed by atoms with E-state index in [0.29, 0.717) is 12.4 Å². The van der Waals surface area contributed by atoms with Crippen LogP contribution in [0.5, 0.6) is 5.75 Å². The lowest BCUT2D eigenvalue weighted by Crippen LogP contribution is -2.15. The van der Waals surface area contributed by atoms with Gasteiger partial charge in [0.25, 0.3) is 0 Å². The molecule has 0 spiro atoms. The molecule has 0 fully saturated rings. The maximum atomic E-state index is 11.6. The van der Waals surface area contributed by atoms with Crippen molar-refractivity contribution in [3.63, 3.8) is 0 Å². The van der Waals surface area contributed by atoms with E-state index in [2.05, 4.69) is 4.98 Å². The van der Waals surface area contributed by atoms with Gasteiger partial charge in [0, 0.05) is 18.0 Å². The fourth-order valence-corrected chi connectivity index (χ4v) is 2.57. The highest BCUT2D eigenvalue weighted by Gasteiger charge is 2.09. The van der Waals surface area contributed by atoms with Crippen molar-refractivity contribution >= 4 is 28.9 Å². The molecule has 3 aromatic rings. The van der Waals surface area contributed by atoms with Gasteiger partial charge >= 0.3 is 5.97 Å². The van der Waals surface area contributed by atoms with Gasteiger partial charge in [-0.2, -0.15) is 0 Å². The second-order valence-corrected chi connectivity index (χ2v) is 5.41. The molecular formula is C21H19NO3. The van der Waals surface area contributed by atoms with Crippen molar-refractivity contribution in [2.75, 3.05) is 13.2 Å². The number of nitrogens with zero attached hydrogens (tertiary/aromatic N) is 1. The topological polar surface area (TPSA) is 48.4 Å². The van der Waals surface area contributed by atoms with E-state index in [1.54, 1.807) is 19.3 Å². The summed E-state index contributed by atoms with van der Waals surface area (Å²) < 4.78 is 10.6.